The van der Waals surface area contributed by atoms with Gasteiger partial charge in [0.05, 0.1) is 21.3 Å². The molecule has 0 saturated carbocycles. The molecule has 1 aromatic rings. The maximum absolute atomic E-state index is 5.79. The molecule has 1 aliphatic heterocycles. The SMILES string of the molecule is COc1cc2c(c(OC)c1OC)C(C)(C[C@H]1CCCN1C)CC2. The fourth-order valence-corrected chi connectivity index (χ4v) is 4.56. The molecule has 23 heavy (non-hydrogen) atoms. The van der Waals surface area contributed by atoms with Crippen LogP contribution in [0.25, 0.3) is 0 Å². The molecule has 2 aliphatic rings. The van der Waals surface area contributed by atoms with Gasteiger partial charge in [0, 0.05) is 11.6 Å². The lowest BCUT2D eigenvalue weighted by molar-refractivity contribution is 0.240. The molecule has 2 atom stereocenters. The first-order valence-electron chi connectivity index (χ1n) is 8.56. The highest BCUT2D eigenvalue weighted by Gasteiger charge is 2.42. The quantitative estimate of drug-likeness (QED) is 0.832. The number of hydrogen-bond donors (Lipinski definition) is 0. The van der Waals surface area contributed by atoms with Gasteiger partial charge in [-0.2, -0.15) is 0 Å². The molecule has 1 fully saturated rings. The molecule has 4 heteroatoms. The Morgan fingerprint density at radius 2 is 1.91 bits per heavy atom. The van der Waals surface area contributed by atoms with Gasteiger partial charge in [-0.3, -0.25) is 0 Å². The molecule has 128 valence electrons. The Morgan fingerprint density at radius 3 is 2.48 bits per heavy atom. The average Bonchev–Trinajstić information content (AvgIpc) is 3.10. The third kappa shape index (κ3) is 2.67. The minimum atomic E-state index is 0.142. The van der Waals surface area contributed by atoms with Crippen molar-refractivity contribution in [2.45, 2.75) is 50.5 Å². The summed E-state index contributed by atoms with van der Waals surface area (Å²) in [7, 11) is 7.36. The highest BCUT2D eigenvalue weighted by atomic mass is 16.5. The number of hydrogen-bond acceptors (Lipinski definition) is 4. The molecule has 1 aromatic carbocycles. The van der Waals surface area contributed by atoms with Crippen molar-refractivity contribution in [2.24, 2.45) is 0 Å². The van der Waals surface area contributed by atoms with Crippen LogP contribution in [0.5, 0.6) is 17.2 Å². The number of ether oxygens (including phenoxy) is 3. The lowest BCUT2D eigenvalue weighted by Crippen LogP contribution is -2.33. The molecule has 3 rings (SSSR count). The van der Waals surface area contributed by atoms with Gasteiger partial charge in [0.15, 0.2) is 11.5 Å². The van der Waals surface area contributed by atoms with Gasteiger partial charge in [0.25, 0.3) is 0 Å². The Morgan fingerprint density at radius 1 is 1.17 bits per heavy atom. The maximum Gasteiger partial charge on any atom is 0.203 e. The zero-order valence-electron chi connectivity index (χ0n) is 15.1. The van der Waals surface area contributed by atoms with E-state index in [9.17, 15) is 0 Å². The van der Waals surface area contributed by atoms with Crippen LogP contribution in [0.3, 0.4) is 0 Å². The standard InChI is InChI=1S/C19H29NO3/c1-19(12-14-7-6-10-20(14)2)9-8-13-11-15(21-3)17(22-4)18(23-5)16(13)19/h11,14H,6-10,12H2,1-5H3/t14-,19?/m1/s1. The van der Waals surface area contributed by atoms with Crippen molar-refractivity contribution < 1.29 is 14.2 Å². The molecule has 1 unspecified atom stereocenters. The Bertz CT molecular complexity index is 586. The summed E-state index contributed by atoms with van der Waals surface area (Å²) in [5.74, 6) is 2.36. The number of nitrogens with zero attached hydrogens (tertiary/aromatic N) is 1. The smallest absolute Gasteiger partial charge is 0.203 e. The van der Waals surface area contributed by atoms with Crippen molar-refractivity contribution in [1.29, 1.82) is 0 Å². The van der Waals surface area contributed by atoms with Crippen LogP contribution in [-0.4, -0.2) is 45.9 Å². The van der Waals surface area contributed by atoms with Gasteiger partial charge >= 0.3 is 0 Å². The number of benzene rings is 1. The summed E-state index contributed by atoms with van der Waals surface area (Å²) < 4.78 is 16.9. The number of aryl methyl sites for hydroxylation is 1. The summed E-state index contributed by atoms with van der Waals surface area (Å²) in [5.41, 5.74) is 2.82. The summed E-state index contributed by atoms with van der Waals surface area (Å²) in [4.78, 5) is 2.51. The largest absolute Gasteiger partial charge is 0.493 e. The second kappa shape index (κ2) is 6.23. The van der Waals surface area contributed by atoms with E-state index in [1.165, 1.54) is 43.4 Å². The van der Waals surface area contributed by atoms with Crippen molar-refractivity contribution in [2.75, 3.05) is 34.9 Å². The number of fused-ring (bicyclic) bond motifs is 1. The van der Waals surface area contributed by atoms with Crippen LogP contribution in [0, 0.1) is 0 Å². The normalized spacial score (nSPS) is 27.1. The number of likely N-dealkylation sites (tertiary alicyclic amines) is 1. The topological polar surface area (TPSA) is 30.9 Å². The van der Waals surface area contributed by atoms with E-state index in [1.807, 2.05) is 0 Å². The van der Waals surface area contributed by atoms with Gasteiger partial charge in [0.1, 0.15) is 0 Å². The van der Waals surface area contributed by atoms with E-state index in [0.29, 0.717) is 6.04 Å². The molecule has 1 saturated heterocycles. The van der Waals surface area contributed by atoms with E-state index in [0.717, 1.165) is 23.7 Å². The summed E-state index contributed by atoms with van der Waals surface area (Å²) >= 11 is 0. The van der Waals surface area contributed by atoms with Gasteiger partial charge in [-0.1, -0.05) is 6.92 Å². The second-order valence-corrected chi connectivity index (χ2v) is 7.22. The monoisotopic (exact) mass is 319 g/mol. The minimum absolute atomic E-state index is 0.142. The zero-order chi connectivity index (χ0) is 16.6. The van der Waals surface area contributed by atoms with Gasteiger partial charge < -0.3 is 19.1 Å². The molecule has 0 amide bonds. The van der Waals surface area contributed by atoms with Crippen LogP contribution in [0.15, 0.2) is 6.07 Å². The molecule has 0 bridgehead atoms. The molecule has 0 N–H and O–H groups in total. The molecule has 0 radical (unpaired) electrons. The van der Waals surface area contributed by atoms with Crippen LogP contribution in [0.4, 0.5) is 0 Å². The van der Waals surface area contributed by atoms with Crippen molar-refractivity contribution >= 4 is 0 Å². The predicted molar refractivity (Wildman–Crippen MR) is 92.0 cm³/mol. The third-order valence-corrected chi connectivity index (χ3v) is 5.82. The predicted octanol–water partition coefficient (Wildman–Crippen LogP) is 3.40. The molecule has 1 heterocycles. The van der Waals surface area contributed by atoms with Gasteiger partial charge in [-0.15, -0.1) is 0 Å². The van der Waals surface area contributed by atoms with Gasteiger partial charge in [0.2, 0.25) is 5.75 Å². The summed E-state index contributed by atoms with van der Waals surface area (Å²) in [5, 5.41) is 0. The fraction of sp³-hybridized carbons (Fsp3) is 0.684. The molecular weight excluding hydrogens is 290 g/mol. The molecule has 0 spiro atoms. The van der Waals surface area contributed by atoms with E-state index < -0.39 is 0 Å². The van der Waals surface area contributed by atoms with E-state index in [4.69, 9.17) is 14.2 Å². The first-order valence-corrected chi connectivity index (χ1v) is 8.56. The van der Waals surface area contributed by atoms with Crippen molar-refractivity contribution in [3.63, 3.8) is 0 Å². The van der Waals surface area contributed by atoms with Crippen LogP contribution >= 0.6 is 0 Å². The minimum Gasteiger partial charge on any atom is -0.493 e. The van der Waals surface area contributed by atoms with Crippen molar-refractivity contribution in [3.8, 4) is 17.2 Å². The number of rotatable bonds is 5. The van der Waals surface area contributed by atoms with E-state index in [2.05, 4.69) is 24.9 Å². The van der Waals surface area contributed by atoms with E-state index >= 15 is 0 Å². The van der Waals surface area contributed by atoms with Gasteiger partial charge in [-0.25, -0.2) is 0 Å². The van der Waals surface area contributed by atoms with Crippen molar-refractivity contribution in [3.05, 3.63) is 17.2 Å². The first kappa shape index (κ1) is 16.4. The Kier molecular flexibility index (Phi) is 4.45. The molecule has 0 aromatic heterocycles. The van der Waals surface area contributed by atoms with Crippen LogP contribution < -0.4 is 14.2 Å². The Labute approximate surface area is 139 Å². The zero-order valence-corrected chi connectivity index (χ0v) is 15.1. The fourth-order valence-electron chi connectivity index (χ4n) is 4.56. The van der Waals surface area contributed by atoms with Crippen molar-refractivity contribution in [1.82, 2.24) is 4.90 Å². The molecular formula is C19H29NO3. The van der Waals surface area contributed by atoms with E-state index in [1.54, 1.807) is 21.3 Å². The number of methoxy groups -OCH3 is 3. The van der Waals surface area contributed by atoms with Crippen LogP contribution in [0.2, 0.25) is 0 Å². The highest BCUT2D eigenvalue weighted by Crippen LogP contribution is 2.53. The second-order valence-electron chi connectivity index (χ2n) is 7.22. The first-order chi connectivity index (χ1) is 11.0. The van der Waals surface area contributed by atoms with Gasteiger partial charge in [-0.05, 0) is 62.7 Å². The Hall–Kier alpha value is -1.42. The third-order valence-electron chi connectivity index (χ3n) is 5.82. The molecule has 4 nitrogen and oxygen atoms in total. The summed E-state index contributed by atoms with van der Waals surface area (Å²) in [6.45, 7) is 3.61. The van der Waals surface area contributed by atoms with Crippen LogP contribution in [0.1, 0.15) is 43.7 Å². The summed E-state index contributed by atoms with van der Waals surface area (Å²) in [6.07, 6.45) is 6.05. The van der Waals surface area contributed by atoms with Crippen LogP contribution in [-0.2, 0) is 11.8 Å². The lowest BCUT2D eigenvalue weighted by Gasteiger charge is -2.33. The average molecular weight is 319 g/mol. The highest BCUT2D eigenvalue weighted by molar-refractivity contribution is 5.63. The molecule has 1 aliphatic carbocycles. The summed E-state index contributed by atoms with van der Waals surface area (Å²) in [6, 6.07) is 2.81. The maximum atomic E-state index is 5.79. The van der Waals surface area contributed by atoms with E-state index in [-0.39, 0.29) is 5.41 Å². The Balaban J connectivity index is 2.03. The lowest BCUT2D eigenvalue weighted by atomic mass is 9.77.